The van der Waals surface area contributed by atoms with Gasteiger partial charge in [0.15, 0.2) is 0 Å². The molecule has 63 heavy (non-hydrogen) atoms. The van der Waals surface area contributed by atoms with Crippen LogP contribution in [-0.2, 0) is 14.4 Å². The van der Waals surface area contributed by atoms with E-state index in [2.05, 4.69) is 43.2 Å². The number of benzene rings is 2. The summed E-state index contributed by atoms with van der Waals surface area (Å²) in [6.45, 7) is 17.6. The zero-order valence-corrected chi connectivity index (χ0v) is 39.5. The molecule has 0 aliphatic carbocycles. The maximum absolute atomic E-state index is 14.1. The minimum atomic E-state index is -0.839. The lowest BCUT2D eigenvalue weighted by Gasteiger charge is -2.36. The van der Waals surface area contributed by atoms with Crippen LogP contribution in [0.4, 0.5) is 5.69 Å². The molecule has 5 N–H and O–H groups in total. The van der Waals surface area contributed by atoms with Gasteiger partial charge in [-0.2, -0.15) is 0 Å². The maximum atomic E-state index is 14.1. The fourth-order valence-electron chi connectivity index (χ4n) is 8.49. The average molecular weight is 887 g/mol. The first-order valence-corrected chi connectivity index (χ1v) is 24.3. The number of rotatable bonds is 23. The van der Waals surface area contributed by atoms with E-state index in [4.69, 9.17) is 0 Å². The molecule has 2 aliphatic heterocycles. The minimum Gasteiger partial charge on any atom is -0.391 e. The van der Waals surface area contributed by atoms with E-state index in [-0.39, 0.29) is 42.6 Å². The van der Waals surface area contributed by atoms with Crippen molar-refractivity contribution in [3.05, 3.63) is 70.9 Å². The number of carbonyl (C=O) groups excluding carboxylic acids is 4. The first-order valence-electron chi connectivity index (χ1n) is 23.4. The number of piperazine rings is 1. The predicted octanol–water partition coefficient (Wildman–Crippen LogP) is 7.16. The molecule has 0 unspecified atom stereocenters. The van der Waals surface area contributed by atoms with Crippen LogP contribution in [-0.4, -0.2) is 108 Å². The summed E-state index contributed by atoms with van der Waals surface area (Å²) >= 11 is 1.59. The number of hydrogen-bond acceptors (Lipinski definition) is 10. The van der Waals surface area contributed by atoms with Gasteiger partial charge in [-0.3, -0.25) is 29.5 Å². The number of amides is 4. The molecule has 2 aliphatic rings. The molecule has 4 atom stereocenters. The van der Waals surface area contributed by atoms with Crippen molar-refractivity contribution in [2.45, 2.75) is 143 Å². The number of anilines is 1. The third-order valence-corrected chi connectivity index (χ3v) is 13.4. The highest BCUT2D eigenvalue weighted by Crippen LogP contribution is 2.30. The molecule has 2 aromatic carbocycles. The van der Waals surface area contributed by atoms with Crippen LogP contribution in [0, 0.1) is 12.3 Å². The smallest absolute Gasteiger partial charge is 0.265 e. The minimum absolute atomic E-state index is 0.0408. The topological polar surface area (TPSA) is 159 Å². The van der Waals surface area contributed by atoms with Crippen LogP contribution < -0.4 is 26.4 Å². The van der Waals surface area contributed by atoms with E-state index in [0.717, 1.165) is 105 Å². The number of nitrogens with zero attached hydrogens (tertiary/aromatic N) is 4. The molecule has 3 aromatic rings. The molecule has 0 saturated carbocycles. The number of aliphatic hydroxyl groups excluding tert-OH is 1. The van der Waals surface area contributed by atoms with Crippen LogP contribution in [0.5, 0.6) is 0 Å². The fourth-order valence-corrected chi connectivity index (χ4v) is 9.30. The predicted molar refractivity (Wildman–Crippen MR) is 253 cm³/mol. The number of likely N-dealkylation sites (tertiary alicyclic amines) is 1. The highest BCUT2D eigenvalue weighted by Gasteiger charge is 2.44. The summed E-state index contributed by atoms with van der Waals surface area (Å²) < 4.78 is 0. The number of thiazole rings is 1. The van der Waals surface area contributed by atoms with Crippen molar-refractivity contribution in [1.29, 1.82) is 0 Å². The van der Waals surface area contributed by atoms with E-state index in [1.165, 1.54) is 30.6 Å². The number of unbranched alkanes of at least 4 members (excludes halogenated alkanes) is 8. The van der Waals surface area contributed by atoms with Gasteiger partial charge in [-0.25, -0.2) is 10.4 Å². The van der Waals surface area contributed by atoms with Crippen LogP contribution in [0.3, 0.4) is 0 Å². The Bertz CT molecular complexity index is 1890. The van der Waals surface area contributed by atoms with Crippen molar-refractivity contribution in [2.24, 2.45) is 5.41 Å². The lowest BCUT2D eigenvalue weighted by atomic mass is 9.85. The summed E-state index contributed by atoms with van der Waals surface area (Å²) in [5.74, 6) is -0.948. The molecule has 2 fully saturated rings. The van der Waals surface area contributed by atoms with Gasteiger partial charge in [0.25, 0.3) is 5.91 Å². The average Bonchev–Trinajstić information content (AvgIpc) is 3.89. The standard InChI is InChI=1S/C49H74N8O5S/c1-7-8-9-12-15-26-51-54-46(60)39-22-24-40(25-23-39)56-30-28-55(29-31-56)27-16-13-10-11-14-17-43(59)53-45(49(4,5)6)48(62)57-33-41(58)32-42(57)47(61)52-35(2)37-18-20-38(21-19-37)44-36(3)50-34-63-44/h18-25,34-35,41-42,45,51,58H,7-17,26-33H2,1-6H3,(H,52,61)(H,53,59)(H,54,60)/t35-,41-,42+,45+/m0/s1. The zero-order valence-electron chi connectivity index (χ0n) is 38.7. The van der Waals surface area contributed by atoms with Gasteiger partial charge in [-0.05, 0) is 80.5 Å². The van der Waals surface area contributed by atoms with Gasteiger partial charge in [0.1, 0.15) is 12.1 Å². The normalized spacial score (nSPS) is 18.0. The summed E-state index contributed by atoms with van der Waals surface area (Å²) in [4.78, 5) is 65.3. The number of β-amino-alcohol motifs (C(OH)–C–C–N with tert-alkyl or cyclic N) is 1. The highest BCUT2D eigenvalue weighted by atomic mass is 32.1. The van der Waals surface area contributed by atoms with Gasteiger partial charge < -0.3 is 25.5 Å². The van der Waals surface area contributed by atoms with E-state index in [0.29, 0.717) is 12.0 Å². The maximum Gasteiger partial charge on any atom is 0.265 e. The van der Waals surface area contributed by atoms with Gasteiger partial charge in [-0.15, -0.1) is 11.3 Å². The van der Waals surface area contributed by atoms with E-state index < -0.39 is 23.6 Å². The summed E-state index contributed by atoms with van der Waals surface area (Å²) in [6.07, 6.45) is 10.5. The molecule has 13 nitrogen and oxygen atoms in total. The molecule has 5 rings (SSSR count). The Morgan fingerprint density at radius 1 is 0.857 bits per heavy atom. The number of aliphatic hydroxyl groups is 1. The lowest BCUT2D eigenvalue weighted by molar-refractivity contribution is -0.144. The Labute approximate surface area is 380 Å². The zero-order chi connectivity index (χ0) is 45.4. The van der Waals surface area contributed by atoms with E-state index in [9.17, 15) is 24.3 Å². The molecule has 4 amide bonds. The van der Waals surface area contributed by atoms with Gasteiger partial charge in [0, 0.05) is 63.4 Å². The summed E-state index contributed by atoms with van der Waals surface area (Å²) in [5.41, 5.74) is 11.9. The number of aryl methyl sites for hydroxylation is 1. The first kappa shape index (κ1) is 49.6. The van der Waals surface area contributed by atoms with Crippen molar-refractivity contribution >= 4 is 40.7 Å². The summed E-state index contributed by atoms with van der Waals surface area (Å²) in [5, 5.41) is 16.7. The van der Waals surface area contributed by atoms with Gasteiger partial charge in [0.2, 0.25) is 17.7 Å². The third-order valence-electron chi connectivity index (χ3n) is 12.4. The Morgan fingerprint density at radius 2 is 1.52 bits per heavy atom. The van der Waals surface area contributed by atoms with Gasteiger partial charge in [-0.1, -0.05) is 96.9 Å². The van der Waals surface area contributed by atoms with Gasteiger partial charge >= 0.3 is 0 Å². The van der Waals surface area contributed by atoms with Crippen molar-refractivity contribution in [1.82, 2.24) is 36.3 Å². The lowest BCUT2D eigenvalue weighted by Crippen LogP contribution is -2.57. The van der Waals surface area contributed by atoms with E-state index >= 15 is 0 Å². The molecular formula is C49H74N8O5S. The quantitative estimate of drug-likeness (QED) is 0.0493. The van der Waals surface area contributed by atoms with E-state index in [1.54, 1.807) is 11.3 Å². The summed E-state index contributed by atoms with van der Waals surface area (Å²) in [6, 6.07) is 13.9. The first-order chi connectivity index (χ1) is 30.2. The number of aromatic nitrogens is 1. The van der Waals surface area contributed by atoms with Crippen molar-refractivity contribution in [2.75, 3.05) is 50.7 Å². The third kappa shape index (κ3) is 15.1. The second-order valence-corrected chi connectivity index (χ2v) is 19.4. The Morgan fingerprint density at radius 3 is 2.19 bits per heavy atom. The molecule has 346 valence electrons. The molecule has 0 radical (unpaired) electrons. The number of nitrogens with one attached hydrogen (secondary N) is 4. The van der Waals surface area contributed by atoms with Gasteiger partial charge in [0.05, 0.1) is 28.2 Å². The SMILES string of the molecule is CCCCCCCNNC(=O)c1ccc(N2CCN(CCCCCCCC(=O)N[C@H](C(=O)N3C[C@@H](O)C[C@@H]3C(=O)N[C@@H](C)c3ccc(-c4scnc4C)cc3)C(C)(C)C)CC2)cc1. The Balaban J connectivity index is 0.967. The Kier molecular flexibility index (Phi) is 19.4. The highest BCUT2D eigenvalue weighted by molar-refractivity contribution is 7.13. The van der Waals surface area contributed by atoms with Crippen LogP contribution in [0.25, 0.3) is 10.4 Å². The molecule has 3 heterocycles. The number of hydrazine groups is 1. The molecule has 14 heteroatoms. The van der Waals surface area contributed by atoms with E-state index in [1.807, 2.05) is 88.7 Å². The van der Waals surface area contributed by atoms with Crippen molar-refractivity contribution in [3.8, 4) is 10.4 Å². The molecule has 2 saturated heterocycles. The molecule has 1 aromatic heterocycles. The van der Waals surface area contributed by atoms with Crippen LogP contribution in [0.1, 0.15) is 139 Å². The fraction of sp³-hybridized carbons (Fsp3) is 0.612. The van der Waals surface area contributed by atoms with Crippen LogP contribution >= 0.6 is 11.3 Å². The summed E-state index contributed by atoms with van der Waals surface area (Å²) in [7, 11) is 0. The van der Waals surface area contributed by atoms with Crippen LogP contribution in [0.15, 0.2) is 54.0 Å². The van der Waals surface area contributed by atoms with Crippen molar-refractivity contribution < 1.29 is 24.3 Å². The molecular weight excluding hydrogens is 813 g/mol. The Hall–Kier alpha value is -4.37. The van der Waals surface area contributed by atoms with Crippen molar-refractivity contribution in [3.63, 3.8) is 0 Å². The molecule has 0 spiro atoms. The number of hydrogen-bond donors (Lipinski definition) is 5. The van der Waals surface area contributed by atoms with Crippen LogP contribution in [0.2, 0.25) is 0 Å². The number of carbonyl (C=O) groups is 4. The largest absolute Gasteiger partial charge is 0.391 e. The second kappa shape index (κ2) is 24.6. The molecule has 0 bridgehead atoms. The monoisotopic (exact) mass is 887 g/mol. The second-order valence-electron chi connectivity index (χ2n) is 18.6.